The predicted octanol–water partition coefficient (Wildman–Crippen LogP) is 4.41. The molecular formula is C56H99N11O13. The van der Waals surface area contributed by atoms with Gasteiger partial charge in [-0.2, -0.15) is 10.2 Å². The van der Waals surface area contributed by atoms with E-state index in [-0.39, 0.29) is 122 Å². The molecule has 0 aromatic rings. The molecule has 0 spiro atoms. The van der Waals surface area contributed by atoms with Crippen LogP contribution in [0.4, 0.5) is 9.59 Å². The van der Waals surface area contributed by atoms with E-state index in [0.29, 0.717) is 95.6 Å². The van der Waals surface area contributed by atoms with E-state index < -0.39 is 12.1 Å². The third-order valence-electron chi connectivity index (χ3n) is 15.3. The van der Waals surface area contributed by atoms with Crippen LogP contribution in [0.3, 0.4) is 0 Å². The topological polar surface area (TPSA) is 342 Å². The molecular weight excluding hydrogens is 1030 g/mol. The second kappa shape index (κ2) is 39.2. The number of aldehydes is 1. The third-order valence-corrected chi connectivity index (χ3v) is 15.3. The van der Waals surface area contributed by atoms with Crippen LogP contribution in [0.15, 0.2) is 10.2 Å². The Morgan fingerprint density at radius 1 is 0.487 bits per heavy atom. The van der Waals surface area contributed by atoms with Gasteiger partial charge in [0.05, 0.1) is 24.2 Å². The van der Waals surface area contributed by atoms with Gasteiger partial charge in [-0.15, -0.1) is 0 Å². The number of rotatable bonds is 22. The summed E-state index contributed by atoms with van der Waals surface area (Å²) in [5.74, 6) is -0.298. The van der Waals surface area contributed by atoms with Crippen LogP contribution >= 0.6 is 0 Å². The van der Waals surface area contributed by atoms with E-state index in [4.69, 9.17) is 9.47 Å². The fourth-order valence-electron chi connectivity index (χ4n) is 10.4. The lowest BCUT2D eigenvalue weighted by atomic mass is 9.81. The molecule has 10 N–H and O–H groups in total. The highest BCUT2D eigenvalue weighted by Gasteiger charge is 2.34. The second-order valence-electron chi connectivity index (χ2n) is 21.2. The van der Waals surface area contributed by atoms with Crippen molar-refractivity contribution in [1.29, 1.82) is 0 Å². The summed E-state index contributed by atoms with van der Waals surface area (Å²) in [6, 6.07) is -1.74. The molecule has 0 bridgehead atoms. The molecule has 9 amide bonds. The van der Waals surface area contributed by atoms with Gasteiger partial charge in [0, 0.05) is 83.1 Å². The maximum Gasteiger partial charge on any atom is 0.335 e. The number of carbonyl (C=O) groups is 10. The van der Waals surface area contributed by atoms with Crippen LogP contribution < -0.4 is 48.1 Å². The van der Waals surface area contributed by atoms with Gasteiger partial charge in [0.25, 0.3) is 0 Å². The Kier molecular flexibility index (Phi) is 35.2. The Morgan fingerprint density at radius 3 is 1.14 bits per heavy atom. The first-order chi connectivity index (χ1) is 37.3. The number of ether oxygens (including phenoxy) is 2. The lowest BCUT2D eigenvalue weighted by Crippen LogP contribution is -2.41. The van der Waals surface area contributed by atoms with Gasteiger partial charge in [-0.3, -0.25) is 33.6 Å². The number of carbonyl (C=O) groups excluding carboxylic acids is 10. The fourth-order valence-corrected chi connectivity index (χ4v) is 10.4. The number of hydrogen-bond acceptors (Lipinski definition) is 15. The van der Waals surface area contributed by atoms with E-state index >= 15 is 0 Å². The van der Waals surface area contributed by atoms with Crippen LogP contribution in [0.2, 0.25) is 0 Å². The zero-order valence-electron chi connectivity index (χ0n) is 47.0. The normalized spacial score (nSPS) is 25.9. The largest absolute Gasteiger partial charge is 0.463 e. The van der Waals surface area contributed by atoms with Crippen molar-refractivity contribution >= 4 is 72.3 Å². The molecule has 456 valence electrons. The number of nitrogens with zero attached hydrogens (tertiary/aromatic N) is 2. The molecule has 0 unspecified atom stereocenters. The number of nitrogens with one attached hydrogen (secondary N) is 9. The first-order valence-corrected chi connectivity index (χ1v) is 28.3. The highest BCUT2D eigenvalue weighted by Crippen LogP contribution is 2.31. The molecule has 0 aliphatic heterocycles. The molecule has 0 aromatic heterocycles. The van der Waals surface area contributed by atoms with Gasteiger partial charge in [0.2, 0.25) is 29.5 Å². The number of amides is 9. The van der Waals surface area contributed by atoms with Gasteiger partial charge in [-0.1, -0.05) is 35.6 Å². The minimum Gasteiger partial charge on any atom is -0.463 e. The Hall–Kier alpha value is -6.20. The highest BCUT2D eigenvalue weighted by molar-refractivity contribution is 5.85. The van der Waals surface area contributed by atoms with Gasteiger partial charge in [0.15, 0.2) is 0 Å². The van der Waals surface area contributed by atoms with E-state index in [9.17, 15) is 53.1 Å². The molecule has 5 aliphatic carbocycles. The van der Waals surface area contributed by atoms with Gasteiger partial charge >= 0.3 is 24.0 Å². The quantitative estimate of drug-likeness (QED) is 0.0311. The summed E-state index contributed by atoms with van der Waals surface area (Å²) in [7, 11) is 3.32. The number of urea groups is 2. The molecule has 0 saturated heterocycles. The average Bonchev–Trinajstić information content (AvgIpc) is 4.22. The van der Waals surface area contributed by atoms with Crippen LogP contribution in [0.25, 0.3) is 0 Å². The SMILES string of the molecule is C.C.CC[C@@H](/C=N/NC(=O)NCC1CCC(C(=O)NC)CC1)NC(=O)[C@H]1CC[C@H](O)C1.CC[C@@H](/C=N/NC(=O)NCC1CCC(C(=O)NC)CC1)NC(=O)[C@H]1CC[C@H](OC(C)=O)C1.CC[C@@H](C=O)NC(=O)[C@H]1CC[C@H](OC(C)=O)C1. The highest BCUT2D eigenvalue weighted by atomic mass is 16.5. The van der Waals surface area contributed by atoms with Gasteiger partial charge in [0.1, 0.15) is 18.5 Å². The summed E-state index contributed by atoms with van der Waals surface area (Å²) in [6.07, 6.45) is 17.7. The Balaban J connectivity index is 0.000000618. The summed E-state index contributed by atoms with van der Waals surface area (Å²) in [6.45, 7) is 9.53. The van der Waals surface area contributed by atoms with E-state index in [2.05, 4.69) is 58.3 Å². The van der Waals surface area contributed by atoms with E-state index in [1.165, 1.54) is 26.3 Å². The van der Waals surface area contributed by atoms with Crippen molar-refractivity contribution in [3.63, 3.8) is 0 Å². The van der Waals surface area contributed by atoms with E-state index in [1.54, 1.807) is 14.1 Å². The molecule has 24 heteroatoms. The number of aliphatic hydroxyl groups is 1. The monoisotopic (exact) mass is 1130 g/mol. The smallest absolute Gasteiger partial charge is 0.335 e. The minimum atomic E-state index is -0.407. The van der Waals surface area contributed by atoms with Gasteiger partial charge in [-0.05, 0) is 140 Å². The first-order valence-electron chi connectivity index (χ1n) is 28.3. The van der Waals surface area contributed by atoms with Crippen molar-refractivity contribution in [3.8, 4) is 0 Å². The Morgan fingerprint density at radius 2 is 0.825 bits per heavy atom. The maximum absolute atomic E-state index is 12.5. The zero-order valence-corrected chi connectivity index (χ0v) is 47.0. The molecule has 9 atom stereocenters. The standard InChI is InChI=1S/C22H37N5O5.C20H35N5O4.C12H19NO4.2CH4/c1-4-18(26-21(30)17-9-10-19(11-17)32-14(2)28)13-25-27-22(31)24-12-15-5-7-16(8-6-15)20(29)23-3;1-3-16(24-19(28)15-8-9-17(26)10-15)12-23-25-20(29)22-11-13-4-6-14(7-5-13)18(27)21-2;1-3-10(7-14)13-12(16)9-4-5-11(6-9)17-8(2)15;;/h13,15-19H,4-12H2,1-3H3,(H,23,29)(H,26,30)(H2,24,27,31);12-17,26H,3-11H2,1-2H3,(H,21,27)(H,24,28)(H2,22,25,29);7,9-11H,3-6H2,1-2H3,(H,13,16);2*1H4/b25-13+;23-12+;;;/t15?,16?,17-,18-,19-;13?,14?,15-,16-,17-;9-,10-,11-;;/m000../s1. The van der Waals surface area contributed by atoms with Crippen molar-refractivity contribution in [1.82, 2.24) is 48.1 Å². The Labute approximate surface area is 474 Å². The van der Waals surface area contributed by atoms with E-state index in [0.717, 1.165) is 64.1 Å². The van der Waals surface area contributed by atoms with Crippen LogP contribution in [0.5, 0.6) is 0 Å². The molecule has 5 rings (SSSR count). The molecule has 0 aromatic carbocycles. The molecule has 5 aliphatic rings. The van der Waals surface area contributed by atoms with Crippen LogP contribution in [0.1, 0.15) is 178 Å². The predicted molar refractivity (Wildman–Crippen MR) is 304 cm³/mol. The summed E-state index contributed by atoms with van der Waals surface area (Å²) in [4.78, 5) is 116. The van der Waals surface area contributed by atoms with Gasteiger partial charge < -0.3 is 56.6 Å². The van der Waals surface area contributed by atoms with Crippen molar-refractivity contribution in [2.45, 2.75) is 214 Å². The van der Waals surface area contributed by atoms with Crippen molar-refractivity contribution < 1.29 is 62.5 Å². The summed E-state index contributed by atoms with van der Waals surface area (Å²) < 4.78 is 10.2. The summed E-state index contributed by atoms with van der Waals surface area (Å²) in [5.41, 5.74) is 4.88. The number of esters is 2. The molecule has 24 nitrogen and oxygen atoms in total. The number of hydrazone groups is 2. The molecule has 0 heterocycles. The number of hydrogen-bond donors (Lipinski definition) is 10. The van der Waals surface area contributed by atoms with Crippen LogP contribution in [0, 0.1) is 41.4 Å². The fraction of sp³-hybridized carbons (Fsp3) is 0.786. The van der Waals surface area contributed by atoms with Crippen LogP contribution in [-0.2, 0) is 47.8 Å². The molecule has 80 heavy (non-hydrogen) atoms. The molecule has 5 saturated carbocycles. The maximum atomic E-state index is 12.5. The lowest BCUT2D eigenvalue weighted by Gasteiger charge is -2.27. The summed E-state index contributed by atoms with van der Waals surface area (Å²) >= 11 is 0. The molecule has 5 fully saturated rings. The van der Waals surface area contributed by atoms with E-state index in [1.807, 2.05) is 20.8 Å². The second-order valence-corrected chi connectivity index (χ2v) is 21.2. The minimum absolute atomic E-state index is 0. The summed E-state index contributed by atoms with van der Waals surface area (Å²) in [5, 5.41) is 37.0. The third kappa shape index (κ3) is 27.3. The Bertz CT molecular complexity index is 2010. The molecule has 0 radical (unpaired) electrons. The van der Waals surface area contributed by atoms with Crippen molar-refractivity contribution in [2.24, 2.45) is 51.6 Å². The lowest BCUT2D eigenvalue weighted by molar-refractivity contribution is -0.147. The van der Waals surface area contributed by atoms with Crippen LogP contribution in [-0.4, -0.2) is 141 Å². The number of aliphatic hydroxyl groups excluding tert-OH is 1. The zero-order chi connectivity index (χ0) is 57.6. The van der Waals surface area contributed by atoms with Crippen molar-refractivity contribution in [2.75, 3.05) is 27.2 Å². The average molecular weight is 1130 g/mol. The van der Waals surface area contributed by atoms with Gasteiger partial charge in [-0.25, -0.2) is 20.4 Å². The first kappa shape index (κ1) is 71.8. The van der Waals surface area contributed by atoms with Crippen molar-refractivity contribution in [3.05, 3.63) is 0 Å².